The predicted octanol–water partition coefficient (Wildman–Crippen LogP) is 5.39. The highest BCUT2D eigenvalue weighted by Gasteiger charge is 2.09. The summed E-state index contributed by atoms with van der Waals surface area (Å²) < 4.78 is 5.43. The van der Waals surface area contributed by atoms with Crippen LogP contribution in [0.1, 0.15) is 0 Å². The second-order valence-electron chi connectivity index (χ2n) is 4.76. The van der Waals surface area contributed by atoms with Crippen LogP contribution in [0.2, 0.25) is 0 Å². The Morgan fingerprint density at radius 2 is 1.65 bits per heavy atom. The molecule has 0 unspecified atom stereocenters. The molecule has 0 atom stereocenters. The Morgan fingerprint density at radius 3 is 2.26 bits per heavy atom. The van der Waals surface area contributed by atoms with Crippen molar-refractivity contribution in [1.82, 2.24) is 0 Å². The van der Waals surface area contributed by atoms with Gasteiger partial charge >= 0.3 is 0 Å². The van der Waals surface area contributed by atoms with Gasteiger partial charge in [0.05, 0.1) is 12.8 Å². The van der Waals surface area contributed by atoms with Gasteiger partial charge in [-0.3, -0.25) is 0 Å². The molecule has 0 bridgehead atoms. The number of alkyl halides is 2. The number of nitrogens with zero attached hydrogens (tertiary/aromatic N) is 3. The molecule has 6 heteroatoms. The normalized spacial score (nSPS) is 10.9. The second-order valence-corrected chi connectivity index (χ2v) is 5.51. The molecule has 2 aromatic rings. The molecule has 4 nitrogen and oxygen atoms in total. The summed E-state index contributed by atoms with van der Waals surface area (Å²) in [5.41, 5.74) is 2.48. The van der Waals surface area contributed by atoms with Gasteiger partial charge < -0.3 is 9.64 Å². The van der Waals surface area contributed by atoms with E-state index in [1.165, 1.54) is 0 Å². The van der Waals surface area contributed by atoms with E-state index in [0.717, 1.165) is 24.5 Å². The van der Waals surface area contributed by atoms with Crippen molar-refractivity contribution >= 4 is 40.3 Å². The molecule has 0 N–H and O–H groups in total. The van der Waals surface area contributed by atoms with Crippen molar-refractivity contribution in [3.8, 4) is 5.75 Å². The summed E-state index contributed by atoms with van der Waals surface area (Å²) >= 11 is 11.7. The molecule has 0 saturated carbocycles. The summed E-state index contributed by atoms with van der Waals surface area (Å²) in [6.45, 7) is 1.45. The van der Waals surface area contributed by atoms with Crippen LogP contribution >= 0.6 is 23.2 Å². The Morgan fingerprint density at radius 1 is 0.957 bits per heavy atom. The lowest BCUT2D eigenvalue weighted by Gasteiger charge is -2.23. The van der Waals surface area contributed by atoms with E-state index in [-0.39, 0.29) is 0 Å². The van der Waals surface area contributed by atoms with Gasteiger partial charge in [0.25, 0.3) is 0 Å². The van der Waals surface area contributed by atoms with Crippen LogP contribution in [0.25, 0.3) is 0 Å². The number of halogens is 2. The van der Waals surface area contributed by atoms with E-state index in [1.54, 1.807) is 7.11 Å². The number of rotatable bonds is 8. The van der Waals surface area contributed by atoms with E-state index < -0.39 is 0 Å². The van der Waals surface area contributed by atoms with E-state index in [0.29, 0.717) is 23.2 Å². The predicted molar refractivity (Wildman–Crippen MR) is 97.3 cm³/mol. The van der Waals surface area contributed by atoms with Crippen LogP contribution in [0.4, 0.5) is 17.1 Å². The number of anilines is 1. The smallest absolute Gasteiger partial charge is 0.148 e. The lowest BCUT2D eigenvalue weighted by molar-refractivity contribution is 0.416. The third kappa shape index (κ3) is 5.12. The van der Waals surface area contributed by atoms with Crippen molar-refractivity contribution in [2.45, 2.75) is 0 Å². The molecule has 122 valence electrons. The summed E-state index contributed by atoms with van der Waals surface area (Å²) in [6, 6.07) is 15.4. The fraction of sp³-hybridized carbons (Fsp3) is 0.294. The van der Waals surface area contributed by atoms with Gasteiger partial charge in [0.15, 0.2) is 0 Å². The van der Waals surface area contributed by atoms with Crippen LogP contribution in [0.3, 0.4) is 0 Å². The number of methoxy groups -OCH3 is 1. The average molecular weight is 352 g/mol. The summed E-state index contributed by atoms with van der Waals surface area (Å²) in [5, 5.41) is 8.49. The van der Waals surface area contributed by atoms with Crippen molar-refractivity contribution in [3.05, 3.63) is 48.5 Å². The lowest BCUT2D eigenvalue weighted by Crippen LogP contribution is -2.27. The standard InChI is InChI=1S/C17H19Cl2N3O/c1-23-17-13-15(22(11-9-18)12-10-19)7-8-16(17)21-20-14-5-3-2-4-6-14/h2-8,13H,9-12H2,1H3. The minimum absolute atomic E-state index is 0.536. The number of benzene rings is 2. The van der Waals surface area contributed by atoms with Crippen LogP contribution in [-0.2, 0) is 0 Å². The zero-order valence-corrected chi connectivity index (χ0v) is 14.5. The van der Waals surface area contributed by atoms with E-state index in [1.807, 2.05) is 48.5 Å². The molecule has 0 heterocycles. The van der Waals surface area contributed by atoms with Crippen LogP contribution < -0.4 is 9.64 Å². The van der Waals surface area contributed by atoms with Crippen LogP contribution in [0.5, 0.6) is 5.75 Å². The van der Waals surface area contributed by atoms with Gasteiger partial charge in [-0.1, -0.05) is 18.2 Å². The van der Waals surface area contributed by atoms with Crippen molar-refractivity contribution in [2.75, 3.05) is 36.9 Å². The fourth-order valence-electron chi connectivity index (χ4n) is 2.13. The number of azo groups is 1. The molecule has 23 heavy (non-hydrogen) atoms. The van der Waals surface area contributed by atoms with Gasteiger partial charge in [-0.05, 0) is 24.3 Å². The Kier molecular flexibility index (Phi) is 7.17. The van der Waals surface area contributed by atoms with Crippen LogP contribution in [0.15, 0.2) is 58.8 Å². The van der Waals surface area contributed by atoms with Gasteiger partial charge in [0, 0.05) is 36.6 Å². The highest BCUT2D eigenvalue weighted by atomic mass is 35.5. The molecule has 0 spiro atoms. The van der Waals surface area contributed by atoms with Crippen molar-refractivity contribution in [3.63, 3.8) is 0 Å². The first-order valence-electron chi connectivity index (χ1n) is 7.30. The molecular formula is C17H19Cl2N3O. The molecule has 0 amide bonds. The number of ether oxygens (including phenoxy) is 1. The van der Waals surface area contributed by atoms with Gasteiger partial charge in [-0.15, -0.1) is 28.3 Å². The number of hydrogen-bond donors (Lipinski definition) is 0. The fourth-order valence-corrected chi connectivity index (χ4v) is 2.53. The van der Waals surface area contributed by atoms with Crippen molar-refractivity contribution < 1.29 is 4.74 Å². The molecule has 0 radical (unpaired) electrons. The Hall–Kier alpha value is -1.78. The first-order valence-corrected chi connectivity index (χ1v) is 8.37. The summed E-state index contributed by atoms with van der Waals surface area (Å²) in [4.78, 5) is 2.11. The third-order valence-electron chi connectivity index (χ3n) is 3.27. The monoisotopic (exact) mass is 351 g/mol. The highest BCUT2D eigenvalue weighted by Crippen LogP contribution is 2.33. The summed E-state index contributed by atoms with van der Waals surface area (Å²) in [5.74, 6) is 1.74. The topological polar surface area (TPSA) is 37.2 Å². The molecule has 0 aromatic heterocycles. The zero-order valence-electron chi connectivity index (χ0n) is 13.0. The minimum atomic E-state index is 0.536. The van der Waals surface area contributed by atoms with E-state index in [2.05, 4.69) is 15.1 Å². The molecular weight excluding hydrogens is 333 g/mol. The van der Waals surface area contributed by atoms with E-state index >= 15 is 0 Å². The molecule has 0 fully saturated rings. The van der Waals surface area contributed by atoms with E-state index in [4.69, 9.17) is 27.9 Å². The van der Waals surface area contributed by atoms with Gasteiger partial charge in [-0.2, -0.15) is 5.11 Å². The zero-order chi connectivity index (χ0) is 16.5. The first-order chi connectivity index (χ1) is 11.3. The minimum Gasteiger partial charge on any atom is -0.494 e. The Labute approximate surface area is 146 Å². The second kappa shape index (κ2) is 9.38. The highest BCUT2D eigenvalue weighted by molar-refractivity contribution is 6.18. The first kappa shape index (κ1) is 17.6. The lowest BCUT2D eigenvalue weighted by atomic mass is 10.2. The maximum absolute atomic E-state index is 5.85. The molecule has 2 rings (SSSR count). The quantitative estimate of drug-likeness (QED) is 0.471. The average Bonchev–Trinajstić information content (AvgIpc) is 2.60. The summed E-state index contributed by atoms with van der Waals surface area (Å²) in [6.07, 6.45) is 0. The molecule has 0 saturated heterocycles. The molecule has 2 aromatic carbocycles. The van der Waals surface area contributed by atoms with Crippen LogP contribution in [0, 0.1) is 0 Å². The molecule has 0 aliphatic carbocycles. The SMILES string of the molecule is COc1cc(N(CCCl)CCCl)ccc1N=Nc1ccccc1. The Balaban J connectivity index is 2.23. The Bertz CT molecular complexity index is 629. The maximum atomic E-state index is 5.85. The molecule has 0 aliphatic heterocycles. The van der Waals surface area contributed by atoms with Crippen molar-refractivity contribution in [1.29, 1.82) is 0 Å². The maximum Gasteiger partial charge on any atom is 0.148 e. The summed E-state index contributed by atoms with van der Waals surface area (Å²) in [7, 11) is 1.62. The third-order valence-corrected chi connectivity index (χ3v) is 3.60. The van der Waals surface area contributed by atoms with Gasteiger partial charge in [0.2, 0.25) is 0 Å². The van der Waals surface area contributed by atoms with E-state index in [9.17, 15) is 0 Å². The molecule has 0 aliphatic rings. The van der Waals surface area contributed by atoms with Crippen LogP contribution in [-0.4, -0.2) is 32.0 Å². The van der Waals surface area contributed by atoms with Crippen molar-refractivity contribution in [2.24, 2.45) is 10.2 Å². The van der Waals surface area contributed by atoms with Gasteiger partial charge in [-0.25, -0.2) is 0 Å². The largest absolute Gasteiger partial charge is 0.494 e. The van der Waals surface area contributed by atoms with Gasteiger partial charge in [0.1, 0.15) is 11.4 Å². The number of hydrogen-bond acceptors (Lipinski definition) is 4.